The molecule has 148 valence electrons. The van der Waals surface area contributed by atoms with Gasteiger partial charge in [-0.15, -0.1) is 0 Å². The number of nitrogens with zero attached hydrogens (tertiary/aromatic N) is 2. The van der Waals surface area contributed by atoms with Gasteiger partial charge in [0.05, 0.1) is 23.5 Å². The van der Waals surface area contributed by atoms with Crippen molar-refractivity contribution in [1.29, 1.82) is 0 Å². The zero-order chi connectivity index (χ0) is 20.5. The average molecular weight is 390 g/mol. The molecule has 0 saturated carbocycles. The molecule has 1 aliphatic heterocycles. The molecular weight excluding hydrogens is 368 g/mol. The summed E-state index contributed by atoms with van der Waals surface area (Å²) in [5, 5.41) is 10.2. The van der Waals surface area contributed by atoms with E-state index in [1.165, 1.54) is 0 Å². The summed E-state index contributed by atoms with van der Waals surface area (Å²) in [5.41, 5.74) is 4.24. The van der Waals surface area contributed by atoms with Gasteiger partial charge in [-0.3, -0.25) is 14.3 Å². The normalized spacial score (nSPS) is 15.3. The number of ether oxygens (including phenoxy) is 1. The Hall–Kier alpha value is -3.61. The van der Waals surface area contributed by atoms with Crippen molar-refractivity contribution >= 4 is 23.2 Å². The van der Waals surface area contributed by atoms with Crippen LogP contribution in [-0.4, -0.2) is 27.7 Å². The molecule has 2 N–H and O–H groups in total. The summed E-state index contributed by atoms with van der Waals surface area (Å²) in [6.07, 6.45) is -0.538. The molecule has 1 atom stereocenters. The minimum Gasteiger partial charge on any atom is -0.479 e. The predicted octanol–water partition coefficient (Wildman–Crippen LogP) is 3.52. The Kier molecular flexibility index (Phi) is 4.80. The van der Waals surface area contributed by atoms with E-state index in [2.05, 4.69) is 15.7 Å². The Labute approximate surface area is 168 Å². The van der Waals surface area contributed by atoms with E-state index < -0.39 is 6.10 Å². The molecule has 1 aliphatic rings. The third-order valence-corrected chi connectivity index (χ3v) is 4.95. The number of hydrogen-bond acceptors (Lipinski definition) is 4. The van der Waals surface area contributed by atoms with E-state index >= 15 is 0 Å². The highest BCUT2D eigenvalue weighted by Gasteiger charge is 2.24. The van der Waals surface area contributed by atoms with Crippen LogP contribution in [0.5, 0.6) is 5.75 Å². The standard InChI is InChI=1S/C22H22N4O3/c1-13-20(14(2)26(25-13)12-16-7-5-4-6-8-16)22(28)23-17-9-10-19-18(11-17)24-21(27)15(3)29-19/h4-11,15H,12H2,1-3H3,(H,23,28)(H,24,27)/t15-/m0/s1. The van der Waals surface area contributed by atoms with Crippen molar-refractivity contribution in [3.63, 3.8) is 0 Å². The number of carbonyl (C=O) groups is 2. The SMILES string of the molecule is Cc1nn(Cc2ccccc2)c(C)c1C(=O)Nc1ccc2c(c1)NC(=O)[C@H](C)O2. The van der Waals surface area contributed by atoms with Gasteiger partial charge < -0.3 is 15.4 Å². The van der Waals surface area contributed by atoms with Gasteiger partial charge in [-0.05, 0) is 44.5 Å². The molecule has 0 fully saturated rings. The lowest BCUT2D eigenvalue weighted by atomic mass is 10.1. The summed E-state index contributed by atoms with van der Waals surface area (Å²) in [6, 6.07) is 15.2. The van der Waals surface area contributed by atoms with Crippen molar-refractivity contribution < 1.29 is 14.3 Å². The first-order chi connectivity index (χ1) is 13.9. The van der Waals surface area contributed by atoms with Gasteiger partial charge in [0.25, 0.3) is 11.8 Å². The molecule has 1 aromatic heterocycles. The first-order valence-corrected chi connectivity index (χ1v) is 9.43. The third-order valence-electron chi connectivity index (χ3n) is 4.95. The number of anilines is 2. The molecule has 0 bridgehead atoms. The Morgan fingerprint density at radius 2 is 1.97 bits per heavy atom. The van der Waals surface area contributed by atoms with Crippen molar-refractivity contribution in [3.05, 3.63) is 71.0 Å². The van der Waals surface area contributed by atoms with Crippen LogP contribution in [-0.2, 0) is 11.3 Å². The molecule has 2 aromatic carbocycles. The Morgan fingerprint density at radius 3 is 2.72 bits per heavy atom. The van der Waals surface area contributed by atoms with E-state index in [-0.39, 0.29) is 11.8 Å². The van der Waals surface area contributed by atoms with E-state index in [1.54, 1.807) is 25.1 Å². The molecule has 4 rings (SSSR count). The largest absolute Gasteiger partial charge is 0.479 e. The number of fused-ring (bicyclic) bond motifs is 1. The van der Waals surface area contributed by atoms with Gasteiger partial charge in [-0.1, -0.05) is 30.3 Å². The molecule has 0 spiro atoms. The maximum absolute atomic E-state index is 12.9. The smallest absolute Gasteiger partial charge is 0.265 e. The maximum atomic E-state index is 12.9. The van der Waals surface area contributed by atoms with Gasteiger partial charge in [0.15, 0.2) is 6.10 Å². The molecule has 3 aromatic rings. The maximum Gasteiger partial charge on any atom is 0.265 e. The van der Waals surface area contributed by atoms with E-state index in [4.69, 9.17) is 4.74 Å². The second-order valence-electron chi connectivity index (χ2n) is 7.10. The van der Waals surface area contributed by atoms with Crippen LogP contribution in [0.1, 0.15) is 34.2 Å². The van der Waals surface area contributed by atoms with E-state index in [0.29, 0.717) is 34.9 Å². The Bertz CT molecular complexity index is 1090. The first-order valence-electron chi connectivity index (χ1n) is 9.43. The number of carbonyl (C=O) groups excluding carboxylic acids is 2. The quantitative estimate of drug-likeness (QED) is 0.714. The average Bonchev–Trinajstić information content (AvgIpc) is 2.97. The van der Waals surface area contributed by atoms with Crippen LogP contribution in [0.15, 0.2) is 48.5 Å². The number of nitrogens with one attached hydrogen (secondary N) is 2. The van der Waals surface area contributed by atoms with Gasteiger partial charge in [0, 0.05) is 11.4 Å². The molecule has 2 amide bonds. The zero-order valence-corrected chi connectivity index (χ0v) is 16.5. The lowest BCUT2D eigenvalue weighted by molar-refractivity contribution is -0.122. The molecular formula is C22H22N4O3. The second-order valence-corrected chi connectivity index (χ2v) is 7.10. The monoisotopic (exact) mass is 390 g/mol. The van der Waals surface area contributed by atoms with Crippen LogP contribution in [0.4, 0.5) is 11.4 Å². The molecule has 0 radical (unpaired) electrons. The fourth-order valence-corrected chi connectivity index (χ4v) is 3.42. The number of hydrogen-bond donors (Lipinski definition) is 2. The predicted molar refractivity (Wildman–Crippen MR) is 110 cm³/mol. The molecule has 7 nitrogen and oxygen atoms in total. The highest BCUT2D eigenvalue weighted by molar-refractivity contribution is 6.06. The molecule has 2 heterocycles. The van der Waals surface area contributed by atoms with Crippen molar-refractivity contribution in [1.82, 2.24) is 9.78 Å². The number of aryl methyl sites for hydroxylation is 1. The van der Waals surface area contributed by atoms with Gasteiger partial charge in [-0.25, -0.2) is 0 Å². The van der Waals surface area contributed by atoms with E-state index in [9.17, 15) is 9.59 Å². The third kappa shape index (κ3) is 3.71. The van der Waals surface area contributed by atoms with Crippen molar-refractivity contribution in [2.45, 2.75) is 33.4 Å². The molecule has 7 heteroatoms. The van der Waals surface area contributed by atoms with Crippen LogP contribution in [0, 0.1) is 13.8 Å². The molecule has 0 saturated heterocycles. The fraction of sp³-hybridized carbons (Fsp3) is 0.227. The van der Waals surface area contributed by atoms with E-state index in [0.717, 1.165) is 11.3 Å². The van der Waals surface area contributed by atoms with Gasteiger partial charge >= 0.3 is 0 Å². The Morgan fingerprint density at radius 1 is 1.21 bits per heavy atom. The minimum atomic E-state index is -0.538. The van der Waals surface area contributed by atoms with Crippen LogP contribution < -0.4 is 15.4 Å². The van der Waals surface area contributed by atoms with Crippen molar-refractivity contribution in [2.75, 3.05) is 10.6 Å². The van der Waals surface area contributed by atoms with Crippen molar-refractivity contribution in [3.8, 4) is 5.75 Å². The first kappa shape index (κ1) is 18.7. The summed E-state index contributed by atoms with van der Waals surface area (Å²) in [4.78, 5) is 24.7. The van der Waals surface area contributed by atoms with Crippen LogP contribution in [0.25, 0.3) is 0 Å². The number of aromatic nitrogens is 2. The van der Waals surface area contributed by atoms with Crippen LogP contribution >= 0.6 is 0 Å². The lowest BCUT2D eigenvalue weighted by Gasteiger charge is -2.23. The molecule has 29 heavy (non-hydrogen) atoms. The van der Waals surface area contributed by atoms with Gasteiger partial charge in [-0.2, -0.15) is 5.10 Å². The number of benzene rings is 2. The number of rotatable bonds is 4. The van der Waals surface area contributed by atoms with E-state index in [1.807, 2.05) is 48.9 Å². The van der Waals surface area contributed by atoms with Crippen LogP contribution in [0.3, 0.4) is 0 Å². The van der Waals surface area contributed by atoms with Gasteiger partial charge in [0.2, 0.25) is 0 Å². The summed E-state index contributed by atoms with van der Waals surface area (Å²) in [6.45, 7) is 6.00. The zero-order valence-electron chi connectivity index (χ0n) is 16.5. The fourth-order valence-electron chi connectivity index (χ4n) is 3.42. The van der Waals surface area contributed by atoms with Crippen molar-refractivity contribution in [2.24, 2.45) is 0 Å². The summed E-state index contributed by atoms with van der Waals surface area (Å²) < 4.78 is 7.38. The molecule has 0 aliphatic carbocycles. The summed E-state index contributed by atoms with van der Waals surface area (Å²) >= 11 is 0. The molecule has 0 unspecified atom stereocenters. The lowest BCUT2D eigenvalue weighted by Crippen LogP contribution is -2.34. The summed E-state index contributed by atoms with van der Waals surface area (Å²) in [5.74, 6) is 0.128. The number of amides is 2. The highest BCUT2D eigenvalue weighted by Crippen LogP contribution is 2.32. The second kappa shape index (κ2) is 7.43. The summed E-state index contributed by atoms with van der Waals surface area (Å²) in [7, 11) is 0. The highest BCUT2D eigenvalue weighted by atomic mass is 16.5. The topological polar surface area (TPSA) is 85.3 Å². The Balaban J connectivity index is 1.55. The minimum absolute atomic E-state index is 0.213. The van der Waals surface area contributed by atoms with Crippen LogP contribution in [0.2, 0.25) is 0 Å². The van der Waals surface area contributed by atoms with Gasteiger partial charge in [0.1, 0.15) is 5.75 Å².